The van der Waals surface area contributed by atoms with Gasteiger partial charge in [0.15, 0.2) is 0 Å². The van der Waals surface area contributed by atoms with Gasteiger partial charge in [-0.3, -0.25) is 14.4 Å². The Balaban J connectivity index is -0.000000231. The van der Waals surface area contributed by atoms with Gasteiger partial charge in [-0.1, -0.05) is 60.8 Å². The van der Waals surface area contributed by atoms with E-state index in [9.17, 15) is 28.8 Å². The maximum Gasteiger partial charge on any atom is 0.417 e. The van der Waals surface area contributed by atoms with E-state index in [1.165, 1.54) is 19.3 Å². The largest absolute Gasteiger partial charge is 0.460 e. The number of hydrogen-bond acceptors (Lipinski definition) is 9. The highest BCUT2D eigenvalue weighted by atomic mass is 16.6. The number of Topliss-reactive ketones (excluding diaryl/α,β-unsaturated/α-hetero) is 3. The van der Waals surface area contributed by atoms with Crippen LogP contribution < -0.4 is 0 Å². The van der Waals surface area contributed by atoms with Crippen LogP contribution in [0.5, 0.6) is 0 Å². The van der Waals surface area contributed by atoms with Gasteiger partial charge < -0.3 is 14.2 Å². The van der Waals surface area contributed by atoms with Crippen LogP contribution >= 0.6 is 0 Å². The second-order valence-electron chi connectivity index (χ2n) is 8.30. The molecule has 0 N–H and O–H groups in total. The highest BCUT2D eigenvalue weighted by Crippen LogP contribution is 2.20. The summed E-state index contributed by atoms with van der Waals surface area (Å²) in [5.41, 5.74) is 0. The molecular weight excluding hydrogens is 492 g/mol. The van der Waals surface area contributed by atoms with Crippen LogP contribution in [0.1, 0.15) is 127 Å². The third kappa shape index (κ3) is 20.5. The number of ketones is 3. The number of esters is 3. The van der Waals surface area contributed by atoms with Gasteiger partial charge in [-0.15, -0.1) is 0 Å². The lowest BCUT2D eigenvalue weighted by atomic mass is 9.87. The first kappa shape index (κ1) is 42.5. The fourth-order valence-electron chi connectivity index (χ4n) is 3.64. The van der Waals surface area contributed by atoms with E-state index >= 15 is 0 Å². The highest BCUT2D eigenvalue weighted by Gasteiger charge is 2.32. The van der Waals surface area contributed by atoms with Crippen molar-refractivity contribution in [1.82, 2.24) is 0 Å². The molecule has 0 bridgehead atoms. The van der Waals surface area contributed by atoms with Crippen molar-refractivity contribution >= 4 is 35.3 Å². The van der Waals surface area contributed by atoms with Crippen molar-refractivity contribution in [2.45, 2.75) is 127 Å². The first-order chi connectivity index (χ1) is 16.8. The fourth-order valence-corrected chi connectivity index (χ4v) is 3.64. The summed E-state index contributed by atoms with van der Waals surface area (Å²) in [6, 6.07) is 0. The van der Waals surface area contributed by atoms with Gasteiger partial charge in [0.1, 0.15) is 11.6 Å². The zero-order valence-electron chi connectivity index (χ0n) is 21.6. The molecule has 1 unspecified atom stereocenters. The van der Waals surface area contributed by atoms with Crippen LogP contribution in [0.15, 0.2) is 0 Å². The van der Waals surface area contributed by atoms with Crippen molar-refractivity contribution in [3.63, 3.8) is 0 Å². The van der Waals surface area contributed by atoms with E-state index in [0.29, 0.717) is 18.6 Å². The van der Waals surface area contributed by atoms with Gasteiger partial charge >= 0.3 is 17.9 Å². The molecule has 2 aliphatic carbocycles. The van der Waals surface area contributed by atoms with Crippen molar-refractivity contribution in [2.75, 3.05) is 19.8 Å². The lowest BCUT2D eigenvalue weighted by molar-refractivity contribution is -0.167. The zero-order chi connectivity index (χ0) is 26.5. The molecule has 0 heterocycles. The molecule has 9 nitrogen and oxygen atoms in total. The number of carbonyl (C=O) groups is 6. The monoisotopic (exact) mass is 546 g/mol. The van der Waals surface area contributed by atoms with Crippen molar-refractivity contribution in [1.29, 1.82) is 0 Å². The third-order valence-corrected chi connectivity index (χ3v) is 5.48. The molecule has 0 amide bonds. The van der Waals surface area contributed by atoms with E-state index in [4.69, 9.17) is 0 Å². The Morgan fingerprint density at radius 1 is 0.579 bits per heavy atom. The normalized spacial score (nSPS) is 17.0. The molecule has 2 fully saturated rings. The average molecular weight is 547 g/mol. The summed E-state index contributed by atoms with van der Waals surface area (Å²) in [6.45, 7) is 5.44. The molecule has 9 heteroatoms. The smallest absolute Gasteiger partial charge is 0.417 e. The number of carbonyl (C=O) groups excluding carboxylic acids is 6. The Bertz CT molecular complexity index is 660. The van der Waals surface area contributed by atoms with Crippen molar-refractivity contribution in [2.24, 2.45) is 5.92 Å². The maximum atomic E-state index is 11.7. The van der Waals surface area contributed by atoms with Crippen LogP contribution in [0.25, 0.3) is 0 Å². The minimum absolute atomic E-state index is 0. The fraction of sp³-hybridized carbons (Fsp3) is 0.793. The van der Waals surface area contributed by atoms with Crippen molar-refractivity contribution < 1.29 is 43.0 Å². The Labute approximate surface area is 230 Å². The lowest BCUT2D eigenvalue weighted by Crippen LogP contribution is -2.32. The maximum absolute atomic E-state index is 11.7. The second-order valence-corrected chi connectivity index (χ2v) is 8.30. The Hall–Kier alpha value is -2.58. The van der Waals surface area contributed by atoms with E-state index in [1.54, 1.807) is 20.8 Å². The van der Waals surface area contributed by atoms with E-state index in [1.807, 2.05) is 0 Å². The molecule has 0 aliphatic heterocycles. The molecule has 0 aromatic rings. The van der Waals surface area contributed by atoms with Gasteiger partial charge in [-0.2, -0.15) is 0 Å². The van der Waals surface area contributed by atoms with Gasteiger partial charge in [-0.25, -0.2) is 14.4 Å². The molecule has 0 spiro atoms. The summed E-state index contributed by atoms with van der Waals surface area (Å²) < 4.78 is 13.3. The summed E-state index contributed by atoms with van der Waals surface area (Å²) in [7, 11) is 0. The molecule has 224 valence electrons. The summed E-state index contributed by atoms with van der Waals surface area (Å²) in [5.74, 6) is -3.74. The van der Waals surface area contributed by atoms with Crippen LogP contribution in [0.2, 0.25) is 0 Å². The molecule has 0 aromatic carbocycles. The summed E-state index contributed by atoms with van der Waals surface area (Å²) in [5, 5.41) is 0. The molecule has 0 radical (unpaired) electrons. The number of ether oxygens (including phenoxy) is 3. The molecule has 2 saturated carbocycles. The average Bonchev–Trinajstić information content (AvgIpc) is 2.80. The summed E-state index contributed by atoms with van der Waals surface area (Å²) in [4.78, 5) is 66.3. The van der Waals surface area contributed by atoms with Crippen LogP contribution in [-0.4, -0.2) is 55.1 Å². The standard InChI is InChI=1S/C12H18O4.C8H14O.C6H10O4.3CH4/c1-2-16-12(15)11(14)9-7-5-3-4-6-8-10(9)13;9-8-6-4-2-1-3-5-7-8;1-3-9-5(7)6(8)10-4-2;;;/h9H,2-8H2,1H3;1-7H2;3-4H2,1-2H3;3*1H4. The van der Waals surface area contributed by atoms with E-state index < -0.39 is 29.6 Å². The van der Waals surface area contributed by atoms with Crippen LogP contribution in [0.3, 0.4) is 0 Å². The molecule has 2 aliphatic rings. The first-order valence-corrected chi connectivity index (χ1v) is 12.9. The highest BCUT2D eigenvalue weighted by molar-refractivity contribution is 6.38. The van der Waals surface area contributed by atoms with Crippen LogP contribution in [0.4, 0.5) is 0 Å². The van der Waals surface area contributed by atoms with E-state index in [-0.39, 0.29) is 47.9 Å². The summed E-state index contributed by atoms with van der Waals surface area (Å²) in [6.07, 6.45) is 12.5. The Morgan fingerprint density at radius 2 is 0.947 bits per heavy atom. The van der Waals surface area contributed by atoms with Gasteiger partial charge in [-0.05, 0) is 46.5 Å². The Kier molecular flexibility index (Phi) is 30.7. The van der Waals surface area contributed by atoms with E-state index in [2.05, 4.69) is 14.2 Å². The minimum atomic E-state index is -0.927. The minimum Gasteiger partial charge on any atom is -0.460 e. The van der Waals surface area contributed by atoms with Gasteiger partial charge in [0, 0.05) is 19.3 Å². The summed E-state index contributed by atoms with van der Waals surface area (Å²) >= 11 is 0. The third-order valence-electron chi connectivity index (χ3n) is 5.48. The second kappa shape index (κ2) is 27.5. The molecule has 1 atom stereocenters. The van der Waals surface area contributed by atoms with E-state index in [0.717, 1.165) is 51.4 Å². The Morgan fingerprint density at radius 3 is 1.39 bits per heavy atom. The quantitative estimate of drug-likeness (QED) is 0.177. The predicted octanol–water partition coefficient (Wildman–Crippen LogP) is 5.98. The number of rotatable bonds is 5. The number of hydrogen-bond donors (Lipinski definition) is 0. The van der Waals surface area contributed by atoms with Gasteiger partial charge in [0.05, 0.1) is 25.7 Å². The predicted molar refractivity (Wildman–Crippen MR) is 149 cm³/mol. The molecule has 2 rings (SSSR count). The molecule has 0 aromatic heterocycles. The molecular formula is C29H54O9. The molecule has 38 heavy (non-hydrogen) atoms. The lowest BCUT2D eigenvalue weighted by Gasteiger charge is -2.16. The zero-order valence-corrected chi connectivity index (χ0v) is 21.6. The SMILES string of the molecule is C.C.C.CCOC(=O)C(=O)C1CCCCCCC1=O.CCOC(=O)C(=O)OCC.O=C1CCCCCCC1. The van der Waals surface area contributed by atoms with Crippen LogP contribution in [-0.2, 0) is 43.0 Å². The van der Waals surface area contributed by atoms with Crippen molar-refractivity contribution in [3.05, 3.63) is 0 Å². The molecule has 0 saturated heterocycles. The first-order valence-electron chi connectivity index (χ1n) is 12.9. The van der Waals surface area contributed by atoms with Crippen molar-refractivity contribution in [3.8, 4) is 0 Å². The van der Waals surface area contributed by atoms with Gasteiger partial charge in [0.25, 0.3) is 0 Å². The topological polar surface area (TPSA) is 130 Å². The van der Waals surface area contributed by atoms with Crippen LogP contribution in [0, 0.1) is 5.92 Å². The van der Waals surface area contributed by atoms with Gasteiger partial charge in [0.2, 0.25) is 5.78 Å².